The Kier molecular flexibility index (Phi) is 3.50. The standard InChI is InChI=1S/C25H16N/c1-2-9-19(10-3-1)23-17-25(26-24-16-7-6-14-22(23)24)21-15-8-12-18-11-4-5-13-20(18)21/h1-14,16-17H/q-1. The van der Waals surface area contributed by atoms with Crippen molar-refractivity contribution in [3.63, 3.8) is 0 Å². The molecule has 0 atom stereocenters. The van der Waals surface area contributed by atoms with Gasteiger partial charge in [0.2, 0.25) is 0 Å². The lowest BCUT2D eigenvalue weighted by Gasteiger charge is -2.17. The Morgan fingerprint density at radius 1 is 0.654 bits per heavy atom. The van der Waals surface area contributed by atoms with Crippen LogP contribution in [0, 0.1) is 6.07 Å². The molecule has 1 heteroatoms. The number of aromatic nitrogens is 1. The fourth-order valence-electron chi connectivity index (χ4n) is 3.53. The van der Waals surface area contributed by atoms with Crippen LogP contribution >= 0.6 is 0 Å². The van der Waals surface area contributed by atoms with Gasteiger partial charge in [0.1, 0.15) is 0 Å². The van der Waals surface area contributed by atoms with Gasteiger partial charge in [-0.3, -0.25) is 4.98 Å². The maximum atomic E-state index is 4.95. The first kappa shape index (κ1) is 14.9. The largest absolute Gasteiger partial charge is 0.296 e. The molecule has 0 radical (unpaired) electrons. The molecule has 0 fully saturated rings. The molecule has 5 rings (SSSR count). The molecule has 0 spiro atoms. The van der Waals surface area contributed by atoms with Crippen LogP contribution in [0.5, 0.6) is 0 Å². The first-order valence-electron chi connectivity index (χ1n) is 8.75. The Labute approximate surface area is 152 Å². The Morgan fingerprint density at radius 3 is 2.27 bits per heavy atom. The van der Waals surface area contributed by atoms with Crippen molar-refractivity contribution in [2.24, 2.45) is 0 Å². The van der Waals surface area contributed by atoms with Gasteiger partial charge in [-0.05, 0) is 22.9 Å². The van der Waals surface area contributed by atoms with Gasteiger partial charge in [0.05, 0.1) is 5.52 Å². The molecule has 26 heavy (non-hydrogen) atoms. The predicted octanol–water partition coefficient (Wildman–Crippen LogP) is 6.52. The van der Waals surface area contributed by atoms with Crippen LogP contribution in [0.25, 0.3) is 44.1 Å². The van der Waals surface area contributed by atoms with Gasteiger partial charge in [-0.2, -0.15) is 0 Å². The van der Waals surface area contributed by atoms with Crippen molar-refractivity contribution in [1.82, 2.24) is 4.98 Å². The minimum Gasteiger partial charge on any atom is -0.296 e. The molecule has 1 heterocycles. The van der Waals surface area contributed by atoms with E-state index in [4.69, 9.17) is 4.98 Å². The molecule has 0 unspecified atom stereocenters. The molecule has 5 aromatic rings. The number of hydrogen-bond donors (Lipinski definition) is 0. The summed E-state index contributed by atoms with van der Waals surface area (Å²) in [7, 11) is 0. The smallest absolute Gasteiger partial charge is 0.0601 e. The van der Waals surface area contributed by atoms with Gasteiger partial charge >= 0.3 is 0 Å². The lowest BCUT2D eigenvalue weighted by atomic mass is 9.96. The monoisotopic (exact) mass is 330 g/mol. The number of nitrogens with zero attached hydrogens (tertiary/aromatic N) is 1. The highest BCUT2D eigenvalue weighted by Gasteiger charge is 2.07. The molecule has 0 aliphatic carbocycles. The first-order valence-corrected chi connectivity index (χ1v) is 8.75. The highest BCUT2D eigenvalue weighted by atomic mass is 14.7. The Morgan fingerprint density at radius 2 is 1.38 bits per heavy atom. The van der Waals surface area contributed by atoms with Crippen LogP contribution in [0.1, 0.15) is 0 Å². The van der Waals surface area contributed by atoms with E-state index in [1.807, 2.05) is 18.2 Å². The molecule has 4 aromatic carbocycles. The number of pyridine rings is 1. The zero-order valence-corrected chi connectivity index (χ0v) is 14.2. The van der Waals surface area contributed by atoms with E-state index in [1.54, 1.807) is 0 Å². The second kappa shape index (κ2) is 6.12. The van der Waals surface area contributed by atoms with Gasteiger partial charge in [-0.15, -0.1) is 29.1 Å². The molecular formula is C25H16N-. The third kappa shape index (κ3) is 2.46. The van der Waals surface area contributed by atoms with Gasteiger partial charge in [-0.1, -0.05) is 84.2 Å². The highest BCUT2D eigenvalue weighted by molar-refractivity contribution is 6.00. The maximum absolute atomic E-state index is 4.95. The fraction of sp³-hybridized carbons (Fsp3) is 0. The molecule has 0 saturated carbocycles. The summed E-state index contributed by atoms with van der Waals surface area (Å²) in [6, 6.07) is 36.9. The van der Waals surface area contributed by atoms with E-state index in [9.17, 15) is 0 Å². The van der Waals surface area contributed by atoms with Gasteiger partial charge in [0.25, 0.3) is 0 Å². The Balaban J connectivity index is 1.84. The second-order valence-corrected chi connectivity index (χ2v) is 6.38. The SMILES string of the molecule is [c-]1ccc2ccccc2c1-c1cc(-c2ccccc2)c2ccccc2n1. The van der Waals surface area contributed by atoms with E-state index in [2.05, 4.69) is 84.9 Å². The summed E-state index contributed by atoms with van der Waals surface area (Å²) in [5.41, 5.74) is 5.41. The van der Waals surface area contributed by atoms with Crippen molar-refractivity contribution in [2.75, 3.05) is 0 Å². The quantitative estimate of drug-likeness (QED) is 0.336. The minimum absolute atomic E-state index is 0.958. The van der Waals surface area contributed by atoms with Crippen LogP contribution in [0.15, 0.2) is 97.1 Å². The van der Waals surface area contributed by atoms with Crippen LogP contribution in [0.2, 0.25) is 0 Å². The maximum Gasteiger partial charge on any atom is 0.0601 e. The molecule has 1 aromatic heterocycles. The van der Waals surface area contributed by atoms with Crippen LogP contribution in [0.3, 0.4) is 0 Å². The molecule has 0 bridgehead atoms. The fourth-order valence-corrected chi connectivity index (χ4v) is 3.53. The zero-order valence-electron chi connectivity index (χ0n) is 14.2. The van der Waals surface area contributed by atoms with Crippen LogP contribution < -0.4 is 0 Å². The summed E-state index contributed by atoms with van der Waals surface area (Å²) in [6.07, 6.45) is 0. The summed E-state index contributed by atoms with van der Waals surface area (Å²) in [6.45, 7) is 0. The Bertz CT molecular complexity index is 1220. The highest BCUT2D eigenvalue weighted by Crippen LogP contribution is 2.34. The third-order valence-corrected chi connectivity index (χ3v) is 4.78. The van der Waals surface area contributed by atoms with E-state index in [0.717, 1.165) is 16.8 Å². The predicted molar refractivity (Wildman–Crippen MR) is 109 cm³/mol. The van der Waals surface area contributed by atoms with Crippen molar-refractivity contribution in [3.05, 3.63) is 103 Å². The molecule has 0 aliphatic heterocycles. The van der Waals surface area contributed by atoms with Crippen molar-refractivity contribution < 1.29 is 0 Å². The topological polar surface area (TPSA) is 12.9 Å². The average molecular weight is 330 g/mol. The van der Waals surface area contributed by atoms with E-state index in [0.29, 0.717) is 0 Å². The van der Waals surface area contributed by atoms with Gasteiger partial charge in [0, 0.05) is 5.39 Å². The number of hydrogen-bond acceptors (Lipinski definition) is 1. The average Bonchev–Trinajstić information content (AvgIpc) is 2.73. The van der Waals surface area contributed by atoms with E-state index in [1.165, 1.54) is 27.3 Å². The molecule has 0 aliphatic rings. The van der Waals surface area contributed by atoms with E-state index >= 15 is 0 Å². The number of para-hydroxylation sites is 1. The lowest BCUT2D eigenvalue weighted by molar-refractivity contribution is 1.40. The summed E-state index contributed by atoms with van der Waals surface area (Å²) in [4.78, 5) is 4.95. The number of fused-ring (bicyclic) bond motifs is 2. The van der Waals surface area contributed by atoms with Crippen molar-refractivity contribution >= 4 is 21.7 Å². The van der Waals surface area contributed by atoms with Crippen LogP contribution in [0.4, 0.5) is 0 Å². The molecule has 0 N–H and O–H groups in total. The summed E-state index contributed by atoms with van der Waals surface area (Å²) < 4.78 is 0. The normalized spacial score (nSPS) is 11.1. The molecule has 0 saturated heterocycles. The minimum atomic E-state index is 0.958. The summed E-state index contributed by atoms with van der Waals surface area (Å²) in [5, 5.41) is 3.55. The second-order valence-electron chi connectivity index (χ2n) is 6.38. The molecule has 0 amide bonds. The van der Waals surface area contributed by atoms with E-state index < -0.39 is 0 Å². The zero-order chi connectivity index (χ0) is 17.3. The third-order valence-electron chi connectivity index (χ3n) is 4.78. The van der Waals surface area contributed by atoms with Gasteiger partial charge < -0.3 is 0 Å². The molecule has 1 nitrogen and oxygen atoms in total. The lowest BCUT2D eigenvalue weighted by Crippen LogP contribution is -1.91. The van der Waals surface area contributed by atoms with Gasteiger partial charge in [0.15, 0.2) is 0 Å². The Hall–Kier alpha value is -3.45. The summed E-state index contributed by atoms with van der Waals surface area (Å²) in [5.74, 6) is 0. The van der Waals surface area contributed by atoms with Gasteiger partial charge in [-0.25, -0.2) is 0 Å². The molecular weight excluding hydrogens is 314 g/mol. The summed E-state index contributed by atoms with van der Waals surface area (Å²) >= 11 is 0. The van der Waals surface area contributed by atoms with Crippen LogP contribution in [-0.2, 0) is 0 Å². The van der Waals surface area contributed by atoms with Crippen LogP contribution in [-0.4, -0.2) is 4.98 Å². The van der Waals surface area contributed by atoms with E-state index in [-0.39, 0.29) is 0 Å². The van der Waals surface area contributed by atoms with Crippen molar-refractivity contribution in [2.45, 2.75) is 0 Å². The number of benzene rings is 4. The van der Waals surface area contributed by atoms with Crippen molar-refractivity contribution in [1.29, 1.82) is 0 Å². The van der Waals surface area contributed by atoms with Crippen molar-refractivity contribution in [3.8, 4) is 22.4 Å². The molecule has 122 valence electrons. The first-order chi connectivity index (χ1) is 12.9. The number of rotatable bonds is 2.